The standard InChI is InChI=1S/C13H21N3O4S/c1-2-10-5-3-4-6-12(10)15-21(19,20)11-7-14-16(8-11)9-13(17)18/h7-8,10,12,15H,2-6,9H2,1H3,(H,17,18). The number of hydrogen-bond donors (Lipinski definition) is 2. The number of aliphatic carboxylic acids is 1. The molecule has 1 saturated carbocycles. The Hall–Kier alpha value is -1.41. The molecule has 0 radical (unpaired) electrons. The van der Waals surface area contributed by atoms with Crippen LogP contribution in [0, 0.1) is 5.92 Å². The van der Waals surface area contributed by atoms with Crippen LogP contribution in [0.15, 0.2) is 17.3 Å². The second-order valence-electron chi connectivity index (χ2n) is 5.45. The van der Waals surface area contributed by atoms with Gasteiger partial charge in [0.05, 0.1) is 6.20 Å². The van der Waals surface area contributed by atoms with Gasteiger partial charge in [0.15, 0.2) is 0 Å². The molecule has 0 amide bonds. The van der Waals surface area contributed by atoms with Gasteiger partial charge in [-0.25, -0.2) is 13.1 Å². The van der Waals surface area contributed by atoms with Gasteiger partial charge in [-0.15, -0.1) is 0 Å². The van der Waals surface area contributed by atoms with Gasteiger partial charge in [-0.1, -0.05) is 26.2 Å². The van der Waals surface area contributed by atoms with Crippen LogP contribution < -0.4 is 4.72 Å². The minimum absolute atomic E-state index is 0.0178. The molecule has 1 aromatic rings. The Morgan fingerprint density at radius 3 is 2.86 bits per heavy atom. The zero-order chi connectivity index (χ0) is 15.5. The molecule has 0 bridgehead atoms. The molecule has 7 nitrogen and oxygen atoms in total. The van der Waals surface area contributed by atoms with E-state index in [0.29, 0.717) is 5.92 Å². The van der Waals surface area contributed by atoms with Crippen LogP contribution in [0.3, 0.4) is 0 Å². The molecular formula is C13H21N3O4S. The molecule has 0 aliphatic heterocycles. The smallest absolute Gasteiger partial charge is 0.325 e. The number of aromatic nitrogens is 2. The van der Waals surface area contributed by atoms with Gasteiger partial charge in [-0.05, 0) is 18.8 Å². The molecule has 0 aromatic carbocycles. The highest BCUT2D eigenvalue weighted by atomic mass is 32.2. The first-order chi connectivity index (χ1) is 9.92. The molecule has 1 aliphatic rings. The lowest BCUT2D eigenvalue weighted by Gasteiger charge is -2.31. The summed E-state index contributed by atoms with van der Waals surface area (Å²) in [5.41, 5.74) is 0. The molecule has 0 saturated heterocycles. The lowest BCUT2D eigenvalue weighted by atomic mass is 9.83. The first-order valence-electron chi connectivity index (χ1n) is 7.19. The number of sulfonamides is 1. The Morgan fingerprint density at radius 1 is 1.48 bits per heavy atom. The van der Waals surface area contributed by atoms with Gasteiger partial charge in [0.25, 0.3) is 0 Å². The quantitative estimate of drug-likeness (QED) is 0.822. The topological polar surface area (TPSA) is 101 Å². The maximum Gasteiger partial charge on any atom is 0.325 e. The van der Waals surface area contributed by atoms with Crippen molar-refractivity contribution in [3.8, 4) is 0 Å². The molecule has 2 N–H and O–H groups in total. The highest BCUT2D eigenvalue weighted by Gasteiger charge is 2.29. The third kappa shape index (κ3) is 4.04. The predicted octanol–water partition coefficient (Wildman–Crippen LogP) is 1.21. The van der Waals surface area contributed by atoms with Crippen LogP contribution in [0.25, 0.3) is 0 Å². The van der Waals surface area contributed by atoms with E-state index in [1.165, 1.54) is 12.4 Å². The second kappa shape index (κ2) is 6.57. The average molecular weight is 315 g/mol. The average Bonchev–Trinajstić information content (AvgIpc) is 2.87. The maximum atomic E-state index is 12.3. The SMILES string of the molecule is CCC1CCCCC1NS(=O)(=O)c1cnn(CC(=O)O)c1. The number of nitrogens with zero attached hydrogens (tertiary/aromatic N) is 2. The Kier molecular flexibility index (Phi) is 5.00. The van der Waals surface area contributed by atoms with E-state index >= 15 is 0 Å². The van der Waals surface area contributed by atoms with E-state index in [-0.39, 0.29) is 17.5 Å². The first kappa shape index (κ1) is 16.0. The van der Waals surface area contributed by atoms with Crippen LogP contribution in [0.2, 0.25) is 0 Å². The summed E-state index contributed by atoms with van der Waals surface area (Å²) in [5.74, 6) is -0.698. The van der Waals surface area contributed by atoms with Gasteiger partial charge in [0.2, 0.25) is 10.0 Å². The van der Waals surface area contributed by atoms with Gasteiger partial charge >= 0.3 is 5.97 Å². The summed E-state index contributed by atoms with van der Waals surface area (Å²) >= 11 is 0. The van der Waals surface area contributed by atoms with Crippen molar-refractivity contribution in [3.05, 3.63) is 12.4 Å². The maximum absolute atomic E-state index is 12.3. The zero-order valence-corrected chi connectivity index (χ0v) is 12.8. The number of carboxylic acids is 1. The fourth-order valence-electron chi connectivity index (χ4n) is 2.83. The minimum Gasteiger partial charge on any atom is -0.480 e. The third-order valence-corrected chi connectivity index (χ3v) is 5.40. The van der Waals surface area contributed by atoms with Crippen molar-refractivity contribution in [3.63, 3.8) is 0 Å². The van der Waals surface area contributed by atoms with E-state index in [1.807, 2.05) is 0 Å². The van der Waals surface area contributed by atoms with Gasteiger partial charge in [-0.2, -0.15) is 5.10 Å². The Balaban J connectivity index is 2.10. The number of hydrogen-bond acceptors (Lipinski definition) is 4. The Morgan fingerprint density at radius 2 is 2.19 bits per heavy atom. The van der Waals surface area contributed by atoms with Gasteiger partial charge in [0.1, 0.15) is 11.4 Å². The number of rotatable bonds is 6. The van der Waals surface area contributed by atoms with Gasteiger partial charge in [0, 0.05) is 12.2 Å². The highest BCUT2D eigenvalue weighted by Crippen LogP contribution is 2.28. The number of carbonyl (C=O) groups is 1. The lowest BCUT2D eigenvalue weighted by molar-refractivity contribution is -0.137. The monoisotopic (exact) mass is 315 g/mol. The van der Waals surface area contributed by atoms with Crippen molar-refractivity contribution >= 4 is 16.0 Å². The van der Waals surface area contributed by atoms with E-state index in [9.17, 15) is 13.2 Å². The van der Waals surface area contributed by atoms with E-state index in [4.69, 9.17) is 5.11 Å². The summed E-state index contributed by atoms with van der Waals surface area (Å²) in [5, 5.41) is 12.5. The molecule has 2 rings (SSSR count). The van der Waals surface area contributed by atoms with Crippen LogP contribution in [-0.2, 0) is 21.4 Å². The Bertz CT molecular complexity index is 596. The van der Waals surface area contributed by atoms with Crippen molar-refractivity contribution in [1.29, 1.82) is 0 Å². The van der Waals surface area contributed by atoms with E-state index < -0.39 is 16.0 Å². The molecule has 1 aliphatic carbocycles. The molecule has 2 unspecified atom stereocenters. The summed E-state index contributed by atoms with van der Waals surface area (Å²) in [6, 6.07) is -0.0448. The first-order valence-corrected chi connectivity index (χ1v) is 8.67. The third-order valence-electron chi connectivity index (χ3n) is 3.96. The number of nitrogens with one attached hydrogen (secondary N) is 1. The van der Waals surface area contributed by atoms with Crippen LogP contribution >= 0.6 is 0 Å². The molecule has 8 heteroatoms. The zero-order valence-electron chi connectivity index (χ0n) is 12.0. The molecule has 118 valence electrons. The van der Waals surface area contributed by atoms with Crippen LogP contribution in [0.5, 0.6) is 0 Å². The summed E-state index contributed by atoms with van der Waals surface area (Å²) < 4.78 is 28.6. The molecule has 2 atom stereocenters. The molecule has 1 fully saturated rings. The van der Waals surface area contributed by atoms with Crippen LogP contribution in [0.4, 0.5) is 0 Å². The van der Waals surface area contributed by atoms with Gasteiger partial charge < -0.3 is 5.11 Å². The van der Waals surface area contributed by atoms with Crippen LogP contribution in [-0.4, -0.2) is 35.3 Å². The van der Waals surface area contributed by atoms with Crippen molar-refractivity contribution in [2.75, 3.05) is 0 Å². The highest BCUT2D eigenvalue weighted by molar-refractivity contribution is 7.89. The normalized spacial score (nSPS) is 23.1. The molecule has 0 spiro atoms. The Labute approximate surface area is 124 Å². The van der Waals surface area contributed by atoms with Crippen LogP contribution in [0.1, 0.15) is 39.0 Å². The molecule has 1 heterocycles. The molecule has 1 aromatic heterocycles. The minimum atomic E-state index is -3.64. The molecule has 21 heavy (non-hydrogen) atoms. The predicted molar refractivity (Wildman–Crippen MR) is 76.2 cm³/mol. The molecular weight excluding hydrogens is 294 g/mol. The van der Waals surface area contributed by atoms with Gasteiger partial charge in [-0.3, -0.25) is 9.48 Å². The summed E-state index contributed by atoms with van der Waals surface area (Å²) in [7, 11) is -3.64. The van der Waals surface area contributed by atoms with E-state index in [2.05, 4.69) is 16.7 Å². The van der Waals surface area contributed by atoms with Crippen molar-refractivity contribution < 1.29 is 18.3 Å². The number of carboxylic acid groups (broad SMARTS) is 1. The van der Waals surface area contributed by atoms with Crippen molar-refractivity contribution in [1.82, 2.24) is 14.5 Å². The lowest BCUT2D eigenvalue weighted by Crippen LogP contribution is -2.41. The van der Waals surface area contributed by atoms with Crippen molar-refractivity contribution in [2.24, 2.45) is 5.92 Å². The fraction of sp³-hybridized carbons (Fsp3) is 0.692. The summed E-state index contributed by atoms with van der Waals surface area (Å²) in [6.45, 7) is 1.72. The summed E-state index contributed by atoms with van der Waals surface area (Å²) in [6.07, 6.45) is 7.46. The fourth-order valence-corrected chi connectivity index (χ4v) is 4.12. The summed E-state index contributed by atoms with van der Waals surface area (Å²) in [4.78, 5) is 10.6. The second-order valence-corrected chi connectivity index (χ2v) is 7.16. The van der Waals surface area contributed by atoms with E-state index in [1.54, 1.807) is 0 Å². The van der Waals surface area contributed by atoms with Crippen molar-refractivity contribution in [2.45, 2.75) is 56.5 Å². The van der Waals surface area contributed by atoms with E-state index in [0.717, 1.165) is 36.8 Å². The largest absolute Gasteiger partial charge is 0.480 e.